The van der Waals surface area contributed by atoms with Crippen LogP contribution in [0.1, 0.15) is 23.0 Å². The topological polar surface area (TPSA) is 58.6 Å². The third-order valence-electron chi connectivity index (χ3n) is 4.62. The molecule has 2 aliphatic rings. The van der Waals surface area contributed by atoms with Gasteiger partial charge in [0.25, 0.3) is 5.91 Å². The normalized spacial score (nSPS) is 20.1. The molecule has 0 saturated carbocycles. The van der Waals surface area contributed by atoms with E-state index in [0.717, 1.165) is 12.2 Å². The number of fused-ring (bicyclic) bond motifs is 1. The molecule has 2 aromatic rings. The van der Waals surface area contributed by atoms with Gasteiger partial charge in [0.15, 0.2) is 11.5 Å². The van der Waals surface area contributed by atoms with Crippen LogP contribution in [0.4, 0.5) is 11.5 Å². The lowest BCUT2D eigenvalue weighted by Gasteiger charge is -2.26. The van der Waals surface area contributed by atoms with E-state index in [4.69, 9.17) is 4.74 Å². The minimum atomic E-state index is -0.0766. The van der Waals surface area contributed by atoms with Crippen molar-refractivity contribution in [3.63, 3.8) is 0 Å². The Balaban J connectivity index is 1.57. The lowest BCUT2D eigenvalue weighted by molar-refractivity contribution is 0.0298. The monoisotopic (exact) mass is 324 g/mol. The molecule has 2 aliphatic heterocycles. The van der Waals surface area contributed by atoms with Gasteiger partial charge in [0.2, 0.25) is 0 Å². The Labute approximate surface area is 141 Å². The first kappa shape index (κ1) is 15.1. The van der Waals surface area contributed by atoms with E-state index in [9.17, 15) is 4.79 Å². The summed E-state index contributed by atoms with van der Waals surface area (Å²) in [6, 6.07) is 12.3. The number of amides is 1. The van der Waals surface area contributed by atoms with E-state index in [0.29, 0.717) is 38.0 Å². The van der Waals surface area contributed by atoms with Crippen molar-refractivity contribution >= 4 is 17.4 Å². The SMILES string of the molecule is CC1Cc2ccccc2N1c1ccc(C(=O)N2CCOCC2)nn1. The van der Waals surface area contributed by atoms with Crippen molar-refractivity contribution in [3.05, 3.63) is 47.7 Å². The molecular formula is C18H20N4O2. The fraction of sp³-hybridized carbons (Fsp3) is 0.389. The Morgan fingerprint density at radius 2 is 1.92 bits per heavy atom. The number of nitrogens with zero attached hydrogens (tertiary/aromatic N) is 4. The quantitative estimate of drug-likeness (QED) is 0.846. The Morgan fingerprint density at radius 1 is 1.12 bits per heavy atom. The Kier molecular flexibility index (Phi) is 3.90. The fourth-order valence-electron chi connectivity index (χ4n) is 3.41. The molecular weight excluding hydrogens is 304 g/mol. The maximum absolute atomic E-state index is 12.4. The molecule has 6 nitrogen and oxygen atoms in total. The van der Waals surface area contributed by atoms with Gasteiger partial charge in [-0.2, -0.15) is 0 Å². The van der Waals surface area contributed by atoms with Gasteiger partial charge in [0.1, 0.15) is 0 Å². The lowest BCUT2D eigenvalue weighted by Crippen LogP contribution is -2.41. The number of benzene rings is 1. The number of carbonyl (C=O) groups excluding carboxylic acids is 1. The smallest absolute Gasteiger partial charge is 0.274 e. The zero-order chi connectivity index (χ0) is 16.5. The molecule has 0 radical (unpaired) electrons. The summed E-state index contributed by atoms with van der Waals surface area (Å²) in [6.07, 6.45) is 0.992. The zero-order valence-electron chi connectivity index (χ0n) is 13.7. The average Bonchev–Trinajstić information content (AvgIpc) is 2.98. The molecule has 24 heavy (non-hydrogen) atoms. The zero-order valence-corrected chi connectivity index (χ0v) is 13.7. The van der Waals surface area contributed by atoms with Crippen LogP contribution < -0.4 is 4.90 Å². The molecule has 0 spiro atoms. The fourth-order valence-corrected chi connectivity index (χ4v) is 3.41. The van der Waals surface area contributed by atoms with Crippen LogP contribution in [0.5, 0.6) is 0 Å². The maximum atomic E-state index is 12.4. The van der Waals surface area contributed by atoms with Crippen LogP contribution in [0.3, 0.4) is 0 Å². The number of carbonyl (C=O) groups is 1. The van der Waals surface area contributed by atoms with Crippen LogP contribution in [0.15, 0.2) is 36.4 Å². The van der Waals surface area contributed by atoms with Crippen LogP contribution in [-0.4, -0.2) is 53.3 Å². The Bertz CT molecular complexity index is 741. The van der Waals surface area contributed by atoms with Crippen molar-refractivity contribution in [1.82, 2.24) is 15.1 Å². The Morgan fingerprint density at radius 3 is 2.67 bits per heavy atom. The van der Waals surface area contributed by atoms with E-state index in [-0.39, 0.29) is 5.91 Å². The molecule has 1 amide bonds. The van der Waals surface area contributed by atoms with E-state index < -0.39 is 0 Å². The van der Waals surface area contributed by atoms with Gasteiger partial charge < -0.3 is 14.5 Å². The van der Waals surface area contributed by atoms with Gasteiger partial charge >= 0.3 is 0 Å². The third kappa shape index (κ3) is 2.63. The predicted octanol–water partition coefficient (Wildman–Crippen LogP) is 2.03. The van der Waals surface area contributed by atoms with Gasteiger partial charge in [-0.25, -0.2) is 0 Å². The molecule has 0 N–H and O–H groups in total. The van der Waals surface area contributed by atoms with Crippen molar-refractivity contribution in [3.8, 4) is 0 Å². The molecule has 1 unspecified atom stereocenters. The summed E-state index contributed by atoms with van der Waals surface area (Å²) >= 11 is 0. The van der Waals surface area contributed by atoms with Crippen molar-refractivity contribution in [2.45, 2.75) is 19.4 Å². The number of para-hydroxylation sites is 1. The number of ether oxygens (including phenoxy) is 1. The van der Waals surface area contributed by atoms with Crippen molar-refractivity contribution in [2.24, 2.45) is 0 Å². The third-order valence-corrected chi connectivity index (χ3v) is 4.62. The summed E-state index contributed by atoms with van der Waals surface area (Å²) in [7, 11) is 0. The molecule has 1 aromatic heterocycles. The van der Waals surface area contributed by atoms with Gasteiger partial charge in [-0.1, -0.05) is 18.2 Å². The van der Waals surface area contributed by atoms with Gasteiger partial charge in [-0.05, 0) is 37.1 Å². The van der Waals surface area contributed by atoms with Crippen LogP contribution in [0, 0.1) is 0 Å². The first-order valence-corrected chi connectivity index (χ1v) is 8.32. The number of anilines is 2. The molecule has 1 saturated heterocycles. The highest BCUT2D eigenvalue weighted by Crippen LogP contribution is 2.36. The molecule has 1 aromatic carbocycles. The predicted molar refractivity (Wildman–Crippen MR) is 90.5 cm³/mol. The molecule has 1 atom stereocenters. The standard InChI is InChI=1S/C18H20N4O2/c1-13-12-14-4-2-3-5-16(14)22(13)17-7-6-15(19-20-17)18(23)21-8-10-24-11-9-21/h2-7,13H,8-12H2,1H3. The number of morpholine rings is 1. The van der Waals surface area contributed by atoms with Crippen molar-refractivity contribution < 1.29 is 9.53 Å². The molecule has 1 fully saturated rings. The second kappa shape index (κ2) is 6.20. The highest BCUT2D eigenvalue weighted by Gasteiger charge is 2.28. The van der Waals surface area contributed by atoms with Gasteiger partial charge in [0.05, 0.1) is 13.2 Å². The Hall–Kier alpha value is -2.47. The maximum Gasteiger partial charge on any atom is 0.274 e. The van der Waals surface area contributed by atoms with Crippen molar-refractivity contribution in [2.75, 3.05) is 31.2 Å². The largest absolute Gasteiger partial charge is 0.378 e. The van der Waals surface area contributed by atoms with Crippen LogP contribution in [0.2, 0.25) is 0 Å². The average molecular weight is 324 g/mol. The summed E-state index contributed by atoms with van der Waals surface area (Å²) in [5, 5.41) is 8.51. The van der Waals surface area contributed by atoms with Crippen LogP contribution >= 0.6 is 0 Å². The summed E-state index contributed by atoms with van der Waals surface area (Å²) in [5.41, 5.74) is 2.88. The highest BCUT2D eigenvalue weighted by atomic mass is 16.5. The first-order chi connectivity index (χ1) is 11.7. The first-order valence-electron chi connectivity index (χ1n) is 8.32. The molecule has 6 heteroatoms. The van der Waals surface area contributed by atoms with Crippen molar-refractivity contribution in [1.29, 1.82) is 0 Å². The summed E-state index contributed by atoms with van der Waals surface area (Å²) in [6.45, 7) is 4.56. The van der Waals surface area contributed by atoms with Crippen LogP contribution in [0.25, 0.3) is 0 Å². The molecule has 0 aliphatic carbocycles. The minimum absolute atomic E-state index is 0.0766. The highest BCUT2D eigenvalue weighted by molar-refractivity contribution is 5.92. The second-order valence-corrected chi connectivity index (χ2v) is 6.23. The number of hydrogen-bond acceptors (Lipinski definition) is 5. The molecule has 124 valence electrons. The number of aromatic nitrogens is 2. The van der Waals surface area contributed by atoms with Gasteiger partial charge in [-0.3, -0.25) is 4.79 Å². The van der Waals surface area contributed by atoms with E-state index >= 15 is 0 Å². The van der Waals surface area contributed by atoms with Crippen LogP contribution in [-0.2, 0) is 11.2 Å². The van der Waals surface area contributed by atoms with E-state index in [1.54, 1.807) is 11.0 Å². The lowest BCUT2D eigenvalue weighted by atomic mass is 10.1. The summed E-state index contributed by atoms with van der Waals surface area (Å²) in [4.78, 5) is 16.4. The minimum Gasteiger partial charge on any atom is -0.378 e. The summed E-state index contributed by atoms with van der Waals surface area (Å²) < 4.78 is 5.28. The van der Waals surface area contributed by atoms with Gasteiger partial charge in [0, 0.05) is 24.8 Å². The van der Waals surface area contributed by atoms with E-state index in [2.05, 4.69) is 40.2 Å². The van der Waals surface area contributed by atoms with Gasteiger partial charge in [-0.15, -0.1) is 10.2 Å². The molecule has 0 bridgehead atoms. The van der Waals surface area contributed by atoms with E-state index in [1.165, 1.54) is 11.3 Å². The molecule has 3 heterocycles. The number of hydrogen-bond donors (Lipinski definition) is 0. The number of rotatable bonds is 2. The summed E-state index contributed by atoms with van der Waals surface area (Å²) in [5.74, 6) is 0.707. The molecule has 4 rings (SSSR count). The van der Waals surface area contributed by atoms with E-state index in [1.807, 2.05) is 12.1 Å². The second-order valence-electron chi connectivity index (χ2n) is 6.23.